The van der Waals surface area contributed by atoms with Gasteiger partial charge in [-0.1, -0.05) is 24.3 Å². The molecule has 3 heteroatoms. The zero-order chi connectivity index (χ0) is 13.8. The second kappa shape index (κ2) is 5.97. The van der Waals surface area contributed by atoms with Crippen LogP contribution in [0, 0.1) is 0 Å². The van der Waals surface area contributed by atoms with Crippen LogP contribution in [-0.4, -0.2) is 20.3 Å². The molecule has 3 rings (SSSR count). The molecule has 0 amide bonds. The minimum Gasteiger partial charge on any atom is -0.497 e. The molecule has 1 aliphatic rings. The Kier molecular flexibility index (Phi) is 3.88. The van der Waals surface area contributed by atoms with Crippen LogP contribution in [0.15, 0.2) is 48.5 Å². The van der Waals surface area contributed by atoms with Crippen LogP contribution in [0.3, 0.4) is 0 Å². The highest BCUT2D eigenvalue weighted by Gasteiger charge is 2.19. The van der Waals surface area contributed by atoms with E-state index in [9.17, 15) is 0 Å². The van der Waals surface area contributed by atoms with Gasteiger partial charge in [-0.2, -0.15) is 0 Å². The average Bonchev–Trinajstić information content (AvgIpc) is 2.53. The van der Waals surface area contributed by atoms with Gasteiger partial charge in [-0.25, -0.2) is 0 Å². The van der Waals surface area contributed by atoms with Crippen molar-refractivity contribution in [2.45, 2.75) is 12.5 Å². The van der Waals surface area contributed by atoms with Gasteiger partial charge in [0, 0.05) is 19.0 Å². The topological polar surface area (TPSA) is 30.5 Å². The molecule has 0 saturated heterocycles. The standard InChI is InChI=1S/C17H19NO2/c1-19-15-6-8-16(9-7-15)20-12-14-11-18-10-13-4-2-3-5-17(13)14/h2-9,14,18H,10-12H2,1H3. The fourth-order valence-electron chi connectivity index (χ4n) is 2.60. The molecular formula is C17H19NO2. The summed E-state index contributed by atoms with van der Waals surface area (Å²) in [5.41, 5.74) is 2.78. The van der Waals surface area contributed by atoms with Gasteiger partial charge in [-0.05, 0) is 35.4 Å². The van der Waals surface area contributed by atoms with Crippen LogP contribution in [0.5, 0.6) is 11.5 Å². The van der Waals surface area contributed by atoms with Crippen LogP contribution < -0.4 is 14.8 Å². The predicted molar refractivity (Wildman–Crippen MR) is 79.4 cm³/mol. The second-order valence-corrected chi connectivity index (χ2v) is 5.01. The lowest BCUT2D eigenvalue weighted by Gasteiger charge is -2.26. The smallest absolute Gasteiger partial charge is 0.119 e. The third kappa shape index (κ3) is 2.78. The number of fused-ring (bicyclic) bond motifs is 1. The van der Waals surface area contributed by atoms with E-state index in [1.54, 1.807) is 7.11 Å². The summed E-state index contributed by atoms with van der Waals surface area (Å²) in [6.07, 6.45) is 0. The summed E-state index contributed by atoms with van der Waals surface area (Å²) >= 11 is 0. The molecule has 3 nitrogen and oxygen atoms in total. The number of ether oxygens (including phenoxy) is 2. The van der Waals surface area contributed by atoms with E-state index in [1.807, 2.05) is 24.3 Å². The summed E-state index contributed by atoms with van der Waals surface area (Å²) in [5, 5.41) is 3.45. The van der Waals surface area contributed by atoms with Crippen molar-refractivity contribution < 1.29 is 9.47 Å². The van der Waals surface area contributed by atoms with E-state index in [2.05, 4.69) is 29.6 Å². The summed E-state index contributed by atoms with van der Waals surface area (Å²) in [6.45, 7) is 2.61. The fourth-order valence-corrected chi connectivity index (χ4v) is 2.60. The first-order valence-electron chi connectivity index (χ1n) is 6.92. The molecule has 1 heterocycles. The Balaban J connectivity index is 1.66. The SMILES string of the molecule is COc1ccc(OCC2CNCc3ccccc32)cc1. The van der Waals surface area contributed by atoms with E-state index >= 15 is 0 Å². The van der Waals surface area contributed by atoms with Gasteiger partial charge in [-0.15, -0.1) is 0 Å². The number of hydrogen-bond donors (Lipinski definition) is 1. The van der Waals surface area contributed by atoms with Crippen molar-refractivity contribution in [1.29, 1.82) is 0 Å². The van der Waals surface area contributed by atoms with Gasteiger partial charge in [0.25, 0.3) is 0 Å². The highest BCUT2D eigenvalue weighted by Crippen LogP contribution is 2.25. The lowest BCUT2D eigenvalue weighted by atomic mass is 9.91. The van der Waals surface area contributed by atoms with E-state index in [0.717, 1.165) is 24.6 Å². The van der Waals surface area contributed by atoms with Crippen molar-refractivity contribution >= 4 is 0 Å². The molecule has 1 atom stereocenters. The third-order valence-corrected chi connectivity index (χ3v) is 3.71. The van der Waals surface area contributed by atoms with Gasteiger partial charge in [0.2, 0.25) is 0 Å². The molecule has 0 spiro atoms. The number of rotatable bonds is 4. The molecule has 1 unspecified atom stereocenters. The fraction of sp³-hybridized carbons (Fsp3) is 0.294. The normalized spacial score (nSPS) is 17.4. The zero-order valence-corrected chi connectivity index (χ0v) is 11.6. The molecule has 1 N–H and O–H groups in total. The molecule has 2 aromatic rings. The van der Waals surface area contributed by atoms with Crippen molar-refractivity contribution in [2.75, 3.05) is 20.3 Å². The quantitative estimate of drug-likeness (QED) is 0.925. The average molecular weight is 269 g/mol. The summed E-state index contributed by atoms with van der Waals surface area (Å²) in [5.74, 6) is 2.14. The van der Waals surface area contributed by atoms with E-state index in [4.69, 9.17) is 9.47 Å². The molecule has 2 aromatic carbocycles. The number of hydrogen-bond acceptors (Lipinski definition) is 3. The largest absolute Gasteiger partial charge is 0.497 e. The Bertz CT molecular complexity index is 565. The van der Waals surface area contributed by atoms with E-state index in [-0.39, 0.29) is 0 Å². The van der Waals surface area contributed by atoms with Crippen LogP contribution in [0.1, 0.15) is 17.0 Å². The molecule has 1 aliphatic heterocycles. The molecule has 0 aliphatic carbocycles. The van der Waals surface area contributed by atoms with Gasteiger partial charge in [0.1, 0.15) is 11.5 Å². The van der Waals surface area contributed by atoms with Crippen LogP contribution in [0.4, 0.5) is 0 Å². The minimum absolute atomic E-state index is 0.405. The second-order valence-electron chi connectivity index (χ2n) is 5.01. The number of methoxy groups -OCH3 is 1. The van der Waals surface area contributed by atoms with Gasteiger partial charge >= 0.3 is 0 Å². The van der Waals surface area contributed by atoms with Gasteiger partial charge in [-0.3, -0.25) is 0 Å². The maximum Gasteiger partial charge on any atom is 0.119 e. The van der Waals surface area contributed by atoms with Gasteiger partial charge in [0.05, 0.1) is 13.7 Å². The van der Waals surface area contributed by atoms with Crippen molar-refractivity contribution in [3.8, 4) is 11.5 Å². The third-order valence-electron chi connectivity index (χ3n) is 3.71. The van der Waals surface area contributed by atoms with Crippen molar-refractivity contribution in [2.24, 2.45) is 0 Å². The van der Waals surface area contributed by atoms with Crippen molar-refractivity contribution in [3.05, 3.63) is 59.7 Å². The monoisotopic (exact) mass is 269 g/mol. The van der Waals surface area contributed by atoms with Gasteiger partial charge in [0.15, 0.2) is 0 Å². The lowest BCUT2D eigenvalue weighted by molar-refractivity contribution is 0.277. The van der Waals surface area contributed by atoms with Crippen LogP contribution in [0.25, 0.3) is 0 Å². The number of benzene rings is 2. The van der Waals surface area contributed by atoms with Crippen molar-refractivity contribution in [3.63, 3.8) is 0 Å². The molecule has 0 saturated carbocycles. The molecule has 104 valence electrons. The molecule has 0 bridgehead atoms. The Labute approximate surface area is 119 Å². The number of nitrogens with one attached hydrogen (secondary N) is 1. The zero-order valence-electron chi connectivity index (χ0n) is 11.6. The minimum atomic E-state index is 0.405. The molecule has 20 heavy (non-hydrogen) atoms. The van der Waals surface area contributed by atoms with E-state index < -0.39 is 0 Å². The predicted octanol–water partition coefficient (Wildman–Crippen LogP) is 2.96. The lowest BCUT2D eigenvalue weighted by Crippen LogP contribution is -2.31. The Morgan fingerprint density at radius 3 is 2.60 bits per heavy atom. The first kappa shape index (κ1) is 13.0. The Hall–Kier alpha value is -2.00. The van der Waals surface area contributed by atoms with Crippen molar-refractivity contribution in [1.82, 2.24) is 5.32 Å². The van der Waals surface area contributed by atoms with E-state index in [0.29, 0.717) is 12.5 Å². The molecule has 0 aromatic heterocycles. The first-order chi connectivity index (χ1) is 9.86. The highest BCUT2D eigenvalue weighted by molar-refractivity contribution is 5.34. The summed E-state index contributed by atoms with van der Waals surface area (Å²) in [7, 11) is 1.67. The maximum atomic E-state index is 5.91. The van der Waals surface area contributed by atoms with Gasteiger partial charge < -0.3 is 14.8 Å². The molecule has 0 radical (unpaired) electrons. The molecule has 0 fully saturated rings. The molecular weight excluding hydrogens is 250 g/mol. The van der Waals surface area contributed by atoms with Crippen LogP contribution in [-0.2, 0) is 6.54 Å². The Morgan fingerprint density at radius 1 is 1.05 bits per heavy atom. The first-order valence-corrected chi connectivity index (χ1v) is 6.92. The van der Waals surface area contributed by atoms with E-state index in [1.165, 1.54) is 11.1 Å². The summed E-state index contributed by atoms with van der Waals surface area (Å²) in [6, 6.07) is 16.3. The van der Waals surface area contributed by atoms with Crippen LogP contribution >= 0.6 is 0 Å². The maximum absolute atomic E-state index is 5.91. The van der Waals surface area contributed by atoms with Crippen LogP contribution in [0.2, 0.25) is 0 Å². The highest BCUT2D eigenvalue weighted by atomic mass is 16.5. The summed E-state index contributed by atoms with van der Waals surface area (Å²) < 4.78 is 11.1. The summed E-state index contributed by atoms with van der Waals surface area (Å²) in [4.78, 5) is 0. The Morgan fingerprint density at radius 2 is 1.80 bits per heavy atom.